The Labute approximate surface area is 109 Å². The van der Waals surface area contributed by atoms with Gasteiger partial charge in [0.1, 0.15) is 0 Å². The average Bonchev–Trinajstić information content (AvgIpc) is 2.89. The van der Waals surface area contributed by atoms with Crippen molar-refractivity contribution in [1.29, 1.82) is 0 Å². The van der Waals surface area contributed by atoms with Crippen LogP contribution in [0, 0.1) is 0 Å². The molecular formula is C14H25NO3. The first-order chi connectivity index (χ1) is 8.72. The number of methoxy groups -OCH3 is 1. The van der Waals surface area contributed by atoms with E-state index in [1.54, 1.807) is 7.11 Å². The van der Waals surface area contributed by atoms with Crippen molar-refractivity contribution < 1.29 is 14.6 Å². The van der Waals surface area contributed by atoms with Gasteiger partial charge in [0.2, 0.25) is 0 Å². The van der Waals surface area contributed by atoms with Crippen LogP contribution in [0.15, 0.2) is 0 Å². The fraction of sp³-hybridized carbons (Fsp3) is 0.929. The van der Waals surface area contributed by atoms with Crippen molar-refractivity contribution in [3.8, 4) is 0 Å². The Bertz CT molecular complexity index is 276. The molecule has 2 fully saturated rings. The molecule has 2 unspecified atom stereocenters. The average molecular weight is 255 g/mol. The normalized spacial score (nSPS) is 29.9. The zero-order valence-electron chi connectivity index (χ0n) is 11.3. The van der Waals surface area contributed by atoms with Crippen LogP contribution in [0.1, 0.15) is 51.4 Å². The molecule has 0 spiro atoms. The smallest absolute Gasteiger partial charge is 0.317 e. The van der Waals surface area contributed by atoms with Crippen molar-refractivity contribution in [2.75, 3.05) is 13.7 Å². The minimum Gasteiger partial charge on any atom is -0.480 e. The van der Waals surface area contributed by atoms with Gasteiger partial charge in [-0.1, -0.05) is 25.7 Å². The molecule has 4 heteroatoms. The minimum atomic E-state index is -0.706. The van der Waals surface area contributed by atoms with Crippen molar-refractivity contribution in [3.05, 3.63) is 0 Å². The Balaban J connectivity index is 2.07. The fourth-order valence-electron chi connectivity index (χ4n) is 3.64. The van der Waals surface area contributed by atoms with Gasteiger partial charge in [0, 0.05) is 19.2 Å². The Morgan fingerprint density at radius 2 is 1.78 bits per heavy atom. The maximum Gasteiger partial charge on any atom is 0.317 e. The predicted octanol–water partition coefficient (Wildman–Crippen LogP) is 2.27. The maximum absolute atomic E-state index is 11.1. The summed E-state index contributed by atoms with van der Waals surface area (Å²) in [5.41, 5.74) is 0. The quantitative estimate of drug-likeness (QED) is 0.818. The third-order valence-electron chi connectivity index (χ3n) is 4.51. The van der Waals surface area contributed by atoms with Crippen LogP contribution in [-0.2, 0) is 9.53 Å². The van der Waals surface area contributed by atoms with Crippen LogP contribution in [0.2, 0.25) is 0 Å². The molecular weight excluding hydrogens is 230 g/mol. The number of carboxylic acid groups (broad SMARTS) is 1. The Hall–Kier alpha value is -0.610. The largest absolute Gasteiger partial charge is 0.480 e. The SMILES string of the molecule is COC1CCCCC1N(CC(=O)O)C1CCCC1. The molecule has 0 amide bonds. The van der Waals surface area contributed by atoms with E-state index in [4.69, 9.17) is 9.84 Å². The molecule has 0 heterocycles. The lowest BCUT2D eigenvalue weighted by molar-refractivity contribution is -0.141. The zero-order valence-corrected chi connectivity index (χ0v) is 11.3. The molecule has 0 aromatic carbocycles. The first-order valence-electron chi connectivity index (χ1n) is 7.22. The van der Waals surface area contributed by atoms with Gasteiger partial charge in [-0.15, -0.1) is 0 Å². The van der Waals surface area contributed by atoms with Crippen molar-refractivity contribution >= 4 is 5.97 Å². The second-order valence-electron chi connectivity index (χ2n) is 5.63. The van der Waals surface area contributed by atoms with Crippen LogP contribution in [0.25, 0.3) is 0 Å². The highest BCUT2D eigenvalue weighted by Gasteiger charge is 2.36. The number of carbonyl (C=O) groups is 1. The first kappa shape index (κ1) is 13.8. The Kier molecular flexibility index (Phi) is 5.01. The lowest BCUT2D eigenvalue weighted by Gasteiger charge is -2.41. The molecule has 2 aliphatic rings. The molecule has 0 aromatic rings. The molecule has 0 radical (unpaired) electrons. The van der Waals surface area contributed by atoms with Gasteiger partial charge in [-0.25, -0.2) is 0 Å². The standard InChI is InChI=1S/C14H25NO3/c1-18-13-9-5-4-8-12(13)15(10-14(16)17)11-6-2-3-7-11/h11-13H,2-10H2,1H3,(H,16,17). The van der Waals surface area contributed by atoms with Crippen LogP contribution < -0.4 is 0 Å². The Morgan fingerprint density at radius 3 is 2.39 bits per heavy atom. The monoisotopic (exact) mass is 255 g/mol. The zero-order chi connectivity index (χ0) is 13.0. The minimum absolute atomic E-state index is 0.176. The summed E-state index contributed by atoms with van der Waals surface area (Å²) in [6, 6.07) is 0.768. The molecule has 2 aliphatic carbocycles. The van der Waals surface area contributed by atoms with Crippen LogP contribution in [0.4, 0.5) is 0 Å². The summed E-state index contributed by atoms with van der Waals surface area (Å²) < 4.78 is 5.59. The van der Waals surface area contributed by atoms with Gasteiger partial charge in [0.05, 0.1) is 12.6 Å². The predicted molar refractivity (Wildman–Crippen MR) is 69.7 cm³/mol. The van der Waals surface area contributed by atoms with Crippen molar-refractivity contribution in [1.82, 2.24) is 4.90 Å². The van der Waals surface area contributed by atoms with Crippen LogP contribution in [-0.4, -0.2) is 47.8 Å². The fourth-order valence-corrected chi connectivity index (χ4v) is 3.64. The van der Waals surface area contributed by atoms with Gasteiger partial charge in [0.15, 0.2) is 0 Å². The van der Waals surface area contributed by atoms with E-state index in [1.807, 2.05) is 0 Å². The van der Waals surface area contributed by atoms with Crippen molar-refractivity contribution in [2.24, 2.45) is 0 Å². The highest BCUT2D eigenvalue weighted by molar-refractivity contribution is 5.69. The van der Waals surface area contributed by atoms with E-state index in [2.05, 4.69) is 4.90 Å². The van der Waals surface area contributed by atoms with E-state index in [-0.39, 0.29) is 12.6 Å². The number of nitrogens with zero attached hydrogens (tertiary/aromatic N) is 1. The molecule has 0 bridgehead atoms. The van der Waals surface area contributed by atoms with Crippen LogP contribution >= 0.6 is 0 Å². The third-order valence-corrected chi connectivity index (χ3v) is 4.51. The van der Waals surface area contributed by atoms with Gasteiger partial charge in [0.25, 0.3) is 0 Å². The lowest BCUT2D eigenvalue weighted by atomic mass is 9.90. The topological polar surface area (TPSA) is 49.8 Å². The highest BCUT2D eigenvalue weighted by Crippen LogP contribution is 2.31. The van der Waals surface area contributed by atoms with E-state index in [0.717, 1.165) is 25.7 Å². The van der Waals surface area contributed by atoms with Gasteiger partial charge >= 0.3 is 5.97 Å². The highest BCUT2D eigenvalue weighted by atomic mass is 16.5. The van der Waals surface area contributed by atoms with E-state index >= 15 is 0 Å². The molecule has 2 atom stereocenters. The van der Waals surface area contributed by atoms with Crippen molar-refractivity contribution in [3.63, 3.8) is 0 Å². The first-order valence-corrected chi connectivity index (χ1v) is 7.22. The summed E-state index contributed by atoms with van der Waals surface area (Å²) in [5.74, 6) is -0.706. The molecule has 2 saturated carbocycles. The molecule has 4 nitrogen and oxygen atoms in total. The van der Waals surface area contributed by atoms with Crippen LogP contribution in [0.3, 0.4) is 0 Å². The number of hydrogen-bond acceptors (Lipinski definition) is 3. The summed E-state index contributed by atoms with van der Waals surface area (Å²) in [7, 11) is 1.76. The van der Waals surface area contributed by atoms with Gasteiger partial charge in [-0.2, -0.15) is 0 Å². The van der Waals surface area contributed by atoms with Crippen molar-refractivity contribution in [2.45, 2.75) is 69.6 Å². The third kappa shape index (κ3) is 3.23. The molecule has 2 rings (SSSR count). The maximum atomic E-state index is 11.1. The molecule has 18 heavy (non-hydrogen) atoms. The number of aliphatic carboxylic acids is 1. The molecule has 1 N–H and O–H groups in total. The van der Waals surface area contributed by atoms with E-state index < -0.39 is 5.97 Å². The van der Waals surface area contributed by atoms with E-state index in [1.165, 1.54) is 25.7 Å². The van der Waals surface area contributed by atoms with E-state index in [0.29, 0.717) is 12.1 Å². The molecule has 0 saturated heterocycles. The summed E-state index contributed by atoms with van der Waals surface area (Å²) in [6.45, 7) is 0.176. The number of carboxylic acids is 1. The molecule has 0 aliphatic heterocycles. The Morgan fingerprint density at radius 1 is 1.17 bits per heavy atom. The lowest BCUT2D eigenvalue weighted by Crippen LogP contribution is -2.52. The van der Waals surface area contributed by atoms with Gasteiger partial charge in [-0.3, -0.25) is 9.69 Å². The van der Waals surface area contributed by atoms with Gasteiger partial charge in [-0.05, 0) is 25.7 Å². The van der Waals surface area contributed by atoms with Crippen LogP contribution in [0.5, 0.6) is 0 Å². The summed E-state index contributed by atoms with van der Waals surface area (Å²) in [6.07, 6.45) is 9.58. The molecule has 0 aromatic heterocycles. The molecule has 104 valence electrons. The second kappa shape index (κ2) is 6.53. The summed E-state index contributed by atoms with van der Waals surface area (Å²) in [4.78, 5) is 13.3. The summed E-state index contributed by atoms with van der Waals surface area (Å²) >= 11 is 0. The van der Waals surface area contributed by atoms with E-state index in [9.17, 15) is 4.79 Å². The number of hydrogen-bond donors (Lipinski definition) is 1. The number of rotatable bonds is 5. The van der Waals surface area contributed by atoms with Gasteiger partial charge < -0.3 is 9.84 Å². The number of ether oxygens (including phenoxy) is 1. The summed E-state index contributed by atoms with van der Waals surface area (Å²) in [5, 5.41) is 9.15. The second-order valence-corrected chi connectivity index (χ2v) is 5.63.